The molecule has 91 heavy (non-hydrogen) atoms. The summed E-state index contributed by atoms with van der Waals surface area (Å²) in [5.74, 6) is 3.42. The minimum atomic E-state index is -1.25. The third-order valence-corrected chi connectivity index (χ3v) is 25.3. The van der Waals surface area contributed by atoms with Crippen LogP contribution in [0, 0.1) is 34.5 Å². The van der Waals surface area contributed by atoms with E-state index in [2.05, 4.69) is 147 Å². The number of pyridine rings is 2. The van der Waals surface area contributed by atoms with Crippen LogP contribution in [0.25, 0.3) is 55.4 Å². The molecule has 16 nitrogen and oxygen atoms in total. The fraction of sp³-hybridized carbons (Fsp3) is 0.543. The van der Waals surface area contributed by atoms with Crippen LogP contribution in [-0.4, -0.2) is 125 Å². The minimum absolute atomic E-state index is 0.285. The van der Waals surface area contributed by atoms with Gasteiger partial charge in [-0.05, 0) is 128 Å². The SMILES string of the molecule is C[Si](C)(C)CCOCN(COCC[Si](C)(C)C)c1c(Br)c(C2CCC(CC#N)CC2)nc2c(-c3cnc4ccccc4c3)cnn12.C[Si](C)(C)CCOCN(COCC[Si](C)(C)C)c1cc(C2CCC(CC#N)CC2)nc2c(-c3cnc4ccccc4c3)cnn12. The van der Waals surface area contributed by atoms with Gasteiger partial charge < -0.3 is 28.7 Å². The van der Waals surface area contributed by atoms with E-state index in [-0.39, 0.29) is 5.92 Å². The monoisotopic (exact) mass is 1360 g/mol. The zero-order chi connectivity index (χ0) is 64.9. The molecule has 2 fully saturated rings. The number of benzene rings is 2. The van der Waals surface area contributed by atoms with E-state index in [1.807, 2.05) is 70.2 Å². The van der Waals surface area contributed by atoms with Gasteiger partial charge in [0.15, 0.2) is 17.1 Å². The van der Waals surface area contributed by atoms with Crippen molar-refractivity contribution in [1.29, 1.82) is 10.5 Å². The zero-order valence-corrected chi connectivity index (χ0v) is 62.0. The van der Waals surface area contributed by atoms with Crippen LogP contribution < -0.4 is 9.80 Å². The van der Waals surface area contributed by atoms with Crippen LogP contribution in [0.4, 0.5) is 11.6 Å². The van der Waals surface area contributed by atoms with Gasteiger partial charge in [0, 0.05) is 141 Å². The third kappa shape index (κ3) is 19.7. The molecule has 0 N–H and O–H groups in total. The van der Waals surface area contributed by atoms with Crippen molar-refractivity contribution in [2.75, 3.05) is 63.2 Å². The Bertz CT molecular complexity index is 3730. The first kappa shape index (κ1) is 69.6. The molecule has 0 spiro atoms. The predicted octanol–water partition coefficient (Wildman–Crippen LogP) is 17.9. The summed E-state index contributed by atoms with van der Waals surface area (Å²) >= 11 is 4.04. The van der Waals surface area contributed by atoms with Crippen LogP contribution in [-0.2, 0) is 18.9 Å². The molecule has 2 aliphatic carbocycles. The summed E-state index contributed by atoms with van der Waals surface area (Å²) in [4.78, 5) is 24.5. The molecule has 0 atom stereocenters. The molecular formula is C70H99BrN12O4Si4. The van der Waals surface area contributed by atoms with Crippen molar-refractivity contribution in [1.82, 2.24) is 39.2 Å². The standard InChI is InChI=1S/C35H49BrN6O2Si2.C35H50N6O2Si2/c1-45(2,3)19-17-43-24-41(25-44-18-20-46(4,5)6)35-32(36)33(27-13-11-26(12-14-27)15-16-37)40-34-30(23-39-42(34)35)29-21-28-9-7-8-10-31(28)38-22-29;1-44(2,3)19-17-42-25-40(26-43-18-20-45(4,5)6)34-22-33(28-13-11-27(12-14-28)15-16-36)39-35-31(24-38-41(34)35)30-21-29-9-7-8-10-32(29)37-23-30/h7-10,21-23,26-27H,11-15,17-20,24-25H2,1-6H3;7-10,21-24,27-28H,11-15,17-20,25-26H2,1-6H3. The number of nitriles is 2. The summed E-state index contributed by atoms with van der Waals surface area (Å²) < 4.78 is 30.2. The second-order valence-electron chi connectivity index (χ2n) is 30.2. The first-order valence-corrected chi connectivity index (χ1v) is 48.8. The molecule has 0 unspecified atom stereocenters. The summed E-state index contributed by atoms with van der Waals surface area (Å²) in [6.45, 7) is 33.1. The van der Waals surface area contributed by atoms with E-state index in [1.165, 1.54) is 0 Å². The number of ether oxygens (including phenoxy) is 4. The molecule has 2 saturated carbocycles. The maximum atomic E-state index is 9.30. The lowest BCUT2D eigenvalue weighted by atomic mass is 9.79. The second-order valence-corrected chi connectivity index (χ2v) is 53.5. The van der Waals surface area contributed by atoms with Crippen LogP contribution in [0.2, 0.25) is 103 Å². The Labute approximate surface area is 553 Å². The number of para-hydroxylation sites is 2. The van der Waals surface area contributed by atoms with Gasteiger partial charge in [0.25, 0.3) is 0 Å². The van der Waals surface area contributed by atoms with E-state index >= 15 is 0 Å². The number of nitrogens with zero attached hydrogens (tertiary/aromatic N) is 12. The lowest BCUT2D eigenvalue weighted by Crippen LogP contribution is -2.34. The normalized spacial score (nSPS) is 17.5. The average Bonchev–Trinajstić information content (AvgIpc) is 1.69. The van der Waals surface area contributed by atoms with E-state index < -0.39 is 32.3 Å². The predicted molar refractivity (Wildman–Crippen MR) is 386 cm³/mol. The van der Waals surface area contributed by atoms with Crippen LogP contribution in [0.3, 0.4) is 0 Å². The Morgan fingerprint density at radius 2 is 0.912 bits per heavy atom. The topological polar surface area (TPSA) is 177 Å². The first-order valence-electron chi connectivity index (χ1n) is 33.1. The van der Waals surface area contributed by atoms with E-state index in [1.54, 1.807) is 0 Å². The molecular weight excluding hydrogens is 1270 g/mol. The smallest absolute Gasteiger partial charge is 0.165 e. The number of hydrogen-bond acceptors (Lipinski definition) is 14. The Balaban J connectivity index is 0.000000215. The molecule has 10 rings (SSSR count). The maximum absolute atomic E-state index is 9.30. The Morgan fingerprint density at radius 3 is 1.35 bits per heavy atom. The highest BCUT2D eigenvalue weighted by Crippen LogP contribution is 2.44. The average molecular weight is 1360 g/mol. The van der Waals surface area contributed by atoms with Gasteiger partial charge in [-0.1, -0.05) is 115 Å². The van der Waals surface area contributed by atoms with Crippen LogP contribution in [0.15, 0.2) is 96.0 Å². The molecule has 8 aromatic rings. The van der Waals surface area contributed by atoms with Gasteiger partial charge in [0.1, 0.15) is 32.7 Å². The number of anilines is 2. The Kier molecular flexibility index (Phi) is 24.1. The maximum Gasteiger partial charge on any atom is 0.165 e. The van der Waals surface area contributed by atoms with E-state index in [4.69, 9.17) is 49.1 Å². The van der Waals surface area contributed by atoms with Gasteiger partial charge in [0.05, 0.1) is 45.7 Å². The minimum Gasteiger partial charge on any atom is -0.361 e. The summed E-state index contributed by atoms with van der Waals surface area (Å²) in [6, 6.07) is 32.1. The first-order chi connectivity index (χ1) is 43.4. The fourth-order valence-corrected chi connectivity index (χ4v) is 15.7. The summed E-state index contributed by atoms with van der Waals surface area (Å²) in [6.07, 6.45) is 17.2. The number of fused-ring (bicyclic) bond motifs is 4. The summed E-state index contributed by atoms with van der Waals surface area (Å²) in [7, 11) is -4.94. The zero-order valence-electron chi connectivity index (χ0n) is 56.4. The van der Waals surface area contributed by atoms with Gasteiger partial charge in [-0.3, -0.25) is 9.97 Å². The van der Waals surface area contributed by atoms with E-state index in [0.717, 1.165) is 185 Å². The number of halogens is 1. The number of aromatic nitrogens is 8. The molecule has 0 aliphatic heterocycles. The Hall–Kier alpha value is -5.73. The molecule has 486 valence electrons. The van der Waals surface area contributed by atoms with Crippen LogP contribution >= 0.6 is 15.9 Å². The molecule has 21 heteroatoms. The van der Waals surface area contributed by atoms with Crippen molar-refractivity contribution in [3.8, 4) is 34.4 Å². The van der Waals surface area contributed by atoms with Crippen LogP contribution in [0.5, 0.6) is 0 Å². The van der Waals surface area contributed by atoms with E-state index in [9.17, 15) is 10.5 Å². The number of hydrogen-bond donors (Lipinski definition) is 0. The molecule has 0 saturated heterocycles. The highest BCUT2D eigenvalue weighted by Gasteiger charge is 2.32. The van der Waals surface area contributed by atoms with E-state index in [0.29, 0.717) is 57.5 Å². The summed E-state index contributed by atoms with van der Waals surface area (Å²) in [5.41, 5.74) is 9.60. The van der Waals surface area contributed by atoms with Gasteiger partial charge >= 0.3 is 0 Å². The molecule has 2 aromatic carbocycles. The lowest BCUT2D eigenvalue weighted by Gasteiger charge is -2.31. The van der Waals surface area contributed by atoms with Crippen molar-refractivity contribution >= 4 is 93.0 Å². The Morgan fingerprint density at radius 1 is 0.505 bits per heavy atom. The summed E-state index contributed by atoms with van der Waals surface area (Å²) in [5, 5.41) is 30.6. The van der Waals surface area contributed by atoms with Crippen molar-refractivity contribution in [2.24, 2.45) is 11.8 Å². The van der Waals surface area contributed by atoms with Gasteiger partial charge in [-0.2, -0.15) is 29.8 Å². The lowest BCUT2D eigenvalue weighted by molar-refractivity contribution is 0.0939. The number of rotatable bonds is 28. The van der Waals surface area contributed by atoms with Crippen molar-refractivity contribution in [3.63, 3.8) is 0 Å². The third-order valence-electron chi connectivity index (χ3n) is 17.7. The highest BCUT2D eigenvalue weighted by molar-refractivity contribution is 9.10. The van der Waals surface area contributed by atoms with Crippen LogP contribution in [0.1, 0.15) is 87.4 Å². The quantitative estimate of drug-likeness (QED) is 0.0257. The van der Waals surface area contributed by atoms with Gasteiger partial charge in [0.2, 0.25) is 0 Å². The van der Waals surface area contributed by atoms with Gasteiger partial charge in [-0.15, -0.1) is 0 Å². The molecule has 0 amide bonds. The second kappa shape index (κ2) is 31.5. The largest absolute Gasteiger partial charge is 0.361 e. The van der Waals surface area contributed by atoms with Crippen molar-refractivity contribution < 1.29 is 18.9 Å². The fourth-order valence-electron chi connectivity index (χ4n) is 11.9. The highest BCUT2D eigenvalue weighted by atomic mass is 79.9. The van der Waals surface area contributed by atoms with Crippen molar-refractivity contribution in [2.45, 2.75) is 179 Å². The van der Waals surface area contributed by atoms with Gasteiger partial charge in [-0.25, -0.2) is 9.97 Å². The molecule has 2 aliphatic rings. The molecule has 0 radical (unpaired) electrons. The molecule has 6 heterocycles. The molecule has 6 aromatic heterocycles. The molecule has 0 bridgehead atoms. The van der Waals surface area contributed by atoms with Crippen molar-refractivity contribution in [3.05, 3.63) is 107 Å².